The van der Waals surface area contributed by atoms with Gasteiger partial charge in [0.15, 0.2) is 11.6 Å². The zero-order valence-corrected chi connectivity index (χ0v) is 15.8. The van der Waals surface area contributed by atoms with E-state index >= 15 is 0 Å². The highest BCUT2D eigenvalue weighted by Crippen LogP contribution is 2.36. The van der Waals surface area contributed by atoms with Crippen LogP contribution in [0.1, 0.15) is 15.9 Å². The maximum Gasteiger partial charge on any atom is 0.340 e. The average molecular weight is 410 g/mol. The molecule has 7 heteroatoms. The van der Waals surface area contributed by atoms with Crippen LogP contribution in [0.15, 0.2) is 65.1 Å². The van der Waals surface area contributed by atoms with E-state index < -0.39 is 17.6 Å². The number of ether oxygens (including phenoxy) is 2. The Kier molecular flexibility index (Phi) is 5.10. The number of benzene rings is 3. The molecule has 0 saturated heterocycles. The lowest BCUT2D eigenvalue weighted by molar-refractivity contribution is 0.0699. The van der Waals surface area contributed by atoms with E-state index in [-0.39, 0.29) is 17.9 Å². The Morgan fingerprint density at radius 3 is 2.37 bits per heavy atom. The molecule has 0 atom stereocenters. The predicted octanol–water partition coefficient (Wildman–Crippen LogP) is 5.66. The van der Waals surface area contributed by atoms with Crippen LogP contribution in [0.25, 0.3) is 22.3 Å². The Bertz CT molecular complexity index is 1230. The van der Waals surface area contributed by atoms with Crippen LogP contribution in [0.3, 0.4) is 0 Å². The molecule has 0 unspecified atom stereocenters. The Hall–Kier alpha value is -3.87. The van der Waals surface area contributed by atoms with Crippen molar-refractivity contribution in [1.82, 2.24) is 0 Å². The van der Waals surface area contributed by atoms with Crippen LogP contribution in [0.2, 0.25) is 0 Å². The molecule has 0 amide bonds. The lowest BCUT2D eigenvalue weighted by Crippen LogP contribution is -1.99. The molecule has 0 aliphatic carbocycles. The molecule has 0 bridgehead atoms. The summed E-state index contributed by atoms with van der Waals surface area (Å²) in [6.45, 7) is -0.00565. The van der Waals surface area contributed by atoms with Crippen LogP contribution in [0, 0.1) is 11.6 Å². The fourth-order valence-electron chi connectivity index (χ4n) is 3.12. The van der Waals surface area contributed by atoms with Gasteiger partial charge in [-0.05, 0) is 60.2 Å². The molecule has 1 aromatic heterocycles. The van der Waals surface area contributed by atoms with E-state index in [0.29, 0.717) is 33.6 Å². The minimum absolute atomic E-state index is 0.00565. The minimum Gasteiger partial charge on any atom is -0.497 e. The SMILES string of the molecule is COc1ccc(-c2oc3ccc(OCc4ccc(F)c(F)c4)cc3c2C(=O)O)cc1. The van der Waals surface area contributed by atoms with Gasteiger partial charge in [0.2, 0.25) is 0 Å². The van der Waals surface area contributed by atoms with Crippen molar-refractivity contribution in [1.29, 1.82) is 0 Å². The quantitative estimate of drug-likeness (QED) is 0.444. The summed E-state index contributed by atoms with van der Waals surface area (Å²) in [7, 11) is 1.54. The van der Waals surface area contributed by atoms with Crippen molar-refractivity contribution in [2.75, 3.05) is 7.11 Å². The molecule has 1 heterocycles. The molecule has 0 aliphatic rings. The first-order chi connectivity index (χ1) is 14.5. The molecular weight excluding hydrogens is 394 g/mol. The third-order valence-electron chi connectivity index (χ3n) is 4.62. The van der Waals surface area contributed by atoms with Gasteiger partial charge in [-0.1, -0.05) is 6.07 Å². The fraction of sp³-hybridized carbons (Fsp3) is 0.0870. The van der Waals surface area contributed by atoms with Crippen molar-refractivity contribution < 1.29 is 32.6 Å². The first-order valence-electron chi connectivity index (χ1n) is 8.97. The number of hydrogen-bond acceptors (Lipinski definition) is 4. The Labute approximate surface area is 170 Å². The van der Waals surface area contributed by atoms with Crippen molar-refractivity contribution in [3.63, 3.8) is 0 Å². The van der Waals surface area contributed by atoms with Gasteiger partial charge >= 0.3 is 5.97 Å². The topological polar surface area (TPSA) is 68.9 Å². The summed E-state index contributed by atoms with van der Waals surface area (Å²) in [6, 6.07) is 15.1. The number of fused-ring (bicyclic) bond motifs is 1. The van der Waals surface area contributed by atoms with E-state index in [1.54, 1.807) is 49.6 Å². The number of carbonyl (C=O) groups is 1. The van der Waals surface area contributed by atoms with Crippen LogP contribution in [0.4, 0.5) is 8.78 Å². The first kappa shape index (κ1) is 19.4. The van der Waals surface area contributed by atoms with Crippen LogP contribution >= 0.6 is 0 Å². The Morgan fingerprint density at radius 1 is 0.967 bits per heavy atom. The molecule has 30 heavy (non-hydrogen) atoms. The molecule has 4 rings (SSSR count). The standard InChI is InChI=1S/C23H16F2O5/c1-28-15-5-3-14(4-6-15)22-21(23(26)27)17-11-16(7-9-20(17)30-22)29-12-13-2-8-18(24)19(25)10-13/h2-11H,12H2,1H3,(H,26,27). The second kappa shape index (κ2) is 7.87. The third kappa shape index (κ3) is 3.69. The summed E-state index contributed by atoms with van der Waals surface area (Å²) < 4.78 is 43.0. The van der Waals surface area contributed by atoms with E-state index in [0.717, 1.165) is 12.1 Å². The molecule has 5 nitrogen and oxygen atoms in total. The van der Waals surface area contributed by atoms with Crippen LogP contribution in [0.5, 0.6) is 11.5 Å². The zero-order valence-electron chi connectivity index (χ0n) is 15.8. The van der Waals surface area contributed by atoms with Crippen molar-refractivity contribution >= 4 is 16.9 Å². The van der Waals surface area contributed by atoms with Gasteiger partial charge in [0.1, 0.15) is 35.0 Å². The fourth-order valence-corrected chi connectivity index (χ4v) is 3.12. The maximum absolute atomic E-state index is 13.4. The zero-order chi connectivity index (χ0) is 21.3. The molecular formula is C23H16F2O5. The molecule has 152 valence electrons. The lowest BCUT2D eigenvalue weighted by Gasteiger charge is -2.07. The van der Waals surface area contributed by atoms with E-state index in [2.05, 4.69) is 0 Å². The molecule has 4 aromatic rings. The summed E-state index contributed by atoms with van der Waals surface area (Å²) >= 11 is 0. The monoisotopic (exact) mass is 410 g/mol. The van der Waals surface area contributed by atoms with Gasteiger partial charge < -0.3 is 19.0 Å². The van der Waals surface area contributed by atoms with Gasteiger partial charge in [0, 0.05) is 10.9 Å². The summed E-state index contributed by atoms with van der Waals surface area (Å²) in [5, 5.41) is 10.1. The largest absolute Gasteiger partial charge is 0.497 e. The smallest absolute Gasteiger partial charge is 0.340 e. The summed E-state index contributed by atoms with van der Waals surface area (Å²) in [4.78, 5) is 12.0. The maximum atomic E-state index is 13.4. The number of carboxylic acid groups (broad SMARTS) is 1. The van der Waals surface area contributed by atoms with Crippen molar-refractivity contribution in [2.24, 2.45) is 0 Å². The molecule has 0 aliphatic heterocycles. The predicted molar refractivity (Wildman–Crippen MR) is 106 cm³/mol. The van der Waals surface area contributed by atoms with E-state index in [1.807, 2.05) is 0 Å². The van der Waals surface area contributed by atoms with Crippen molar-refractivity contribution in [2.45, 2.75) is 6.61 Å². The highest BCUT2D eigenvalue weighted by molar-refractivity contribution is 6.08. The van der Waals surface area contributed by atoms with Crippen LogP contribution in [-0.4, -0.2) is 18.2 Å². The van der Waals surface area contributed by atoms with Crippen molar-refractivity contribution in [3.8, 4) is 22.8 Å². The molecule has 0 saturated carbocycles. The summed E-state index contributed by atoms with van der Waals surface area (Å²) in [5.74, 6) is -1.80. The van der Waals surface area contributed by atoms with Gasteiger partial charge in [-0.25, -0.2) is 13.6 Å². The van der Waals surface area contributed by atoms with Crippen LogP contribution in [-0.2, 0) is 6.61 Å². The number of halogens is 2. The van der Waals surface area contributed by atoms with Gasteiger partial charge in [0.25, 0.3) is 0 Å². The molecule has 0 radical (unpaired) electrons. The first-order valence-corrected chi connectivity index (χ1v) is 8.97. The molecule has 1 N–H and O–H groups in total. The van der Waals surface area contributed by atoms with Gasteiger partial charge in [0.05, 0.1) is 7.11 Å². The Morgan fingerprint density at radius 2 is 1.70 bits per heavy atom. The average Bonchev–Trinajstić information content (AvgIpc) is 3.13. The van der Waals surface area contributed by atoms with Crippen molar-refractivity contribution in [3.05, 3.63) is 83.4 Å². The number of furan rings is 1. The normalized spacial score (nSPS) is 10.9. The minimum atomic E-state index is -1.14. The second-order valence-corrected chi connectivity index (χ2v) is 6.53. The van der Waals surface area contributed by atoms with E-state index in [9.17, 15) is 18.7 Å². The third-order valence-corrected chi connectivity index (χ3v) is 4.62. The summed E-state index contributed by atoms with van der Waals surface area (Å²) in [5.41, 5.74) is 1.43. The number of methoxy groups -OCH3 is 1. The highest BCUT2D eigenvalue weighted by Gasteiger charge is 2.22. The molecule has 3 aromatic carbocycles. The lowest BCUT2D eigenvalue weighted by atomic mass is 10.1. The second-order valence-electron chi connectivity index (χ2n) is 6.53. The summed E-state index contributed by atoms with van der Waals surface area (Å²) in [6.07, 6.45) is 0. The molecule has 0 spiro atoms. The number of aromatic carboxylic acids is 1. The van der Waals surface area contributed by atoms with Gasteiger partial charge in [-0.2, -0.15) is 0 Å². The van der Waals surface area contributed by atoms with Gasteiger partial charge in [-0.15, -0.1) is 0 Å². The van der Waals surface area contributed by atoms with Crippen LogP contribution < -0.4 is 9.47 Å². The van der Waals surface area contributed by atoms with E-state index in [1.165, 1.54) is 6.07 Å². The van der Waals surface area contributed by atoms with E-state index in [4.69, 9.17) is 13.9 Å². The number of rotatable bonds is 6. The Balaban J connectivity index is 1.68. The molecule has 0 fully saturated rings. The number of carboxylic acids is 1. The number of hydrogen-bond donors (Lipinski definition) is 1. The van der Waals surface area contributed by atoms with Gasteiger partial charge in [-0.3, -0.25) is 0 Å². The highest BCUT2D eigenvalue weighted by atomic mass is 19.2.